The molecular formula is C22H21F3N4O4. The van der Waals surface area contributed by atoms with Crippen molar-refractivity contribution in [3.63, 3.8) is 0 Å². The Bertz CT molecular complexity index is 1200. The van der Waals surface area contributed by atoms with Crippen LogP contribution in [0.1, 0.15) is 36.2 Å². The van der Waals surface area contributed by atoms with Crippen LogP contribution in [0, 0.1) is 17.0 Å². The van der Waals surface area contributed by atoms with E-state index < -0.39 is 28.4 Å². The van der Waals surface area contributed by atoms with E-state index in [1.54, 1.807) is 19.9 Å². The SMILES string of the molecule is Cc1nnc(N[C@H](C)c2cc([N+](=O)[O-])cc(C(F)(F)F)c2)c2cc(O[C@@H]3CCOC3)ccc12. The van der Waals surface area contributed by atoms with E-state index in [2.05, 4.69) is 15.5 Å². The summed E-state index contributed by atoms with van der Waals surface area (Å²) >= 11 is 0. The average molecular weight is 462 g/mol. The number of alkyl halides is 3. The van der Waals surface area contributed by atoms with Gasteiger partial charge in [-0.25, -0.2) is 0 Å². The number of aromatic nitrogens is 2. The number of halogens is 3. The van der Waals surface area contributed by atoms with E-state index in [4.69, 9.17) is 9.47 Å². The van der Waals surface area contributed by atoms with Crippen LogP contribution in [-0.2, 0) is 10.9 Å². The third kappa shape index (κ3) is 4.98. The molecular weight excluding hydrogens is 441 g/mol. The minimum Gasteiger partial charge on any atom is -0.488 e. The number of anilines is 1. The third-order valence-electron chi connectivity index (χ3n) is 5.46. The lowest BCUT2D eigenvalue weighted by Crippen LogP contribution is -2.15. The maximum Gasteiger partial charge on any atom is 0.416 e. The number of nitrogens with zero attached hydrogens (tertiary/aromatic N) is 3. The van der Waals surface area contributed by atoms with Gasteiger partial charge in [0.05, 0.1) is 35.4 Å². The molecule has 0 unspecified atom stereocenters. The van der Waals surface area contributed by atoms with Gasteiger partial charge in [-0.1, -0.05) is 0 Å². The van der Waals surface area contributed by atoms with Crippen molar-refractivity contribution in [2.75, 3.05) is 18.5 Å². The fourth-order valence-corrected chi connectivity index (χ4v) is 3.69. The molecule has 0 aliphatic carbocycles. The number of rotatable bonds is 6. The molecule has 1 fully saturated rings. The Labute approximate surface area is 186 Å². The number of hydrogen-bond acceptors (Lipinski definition) is 7. The molecule has 1 N–H and O–H groups in total. The first kappa shape index (κ1) is 22.7. The van der Waals surface area contributed by atoms with Crippen molar-refractivity contribution in [1.82, 2.24) is 10.2 Å². The van der Waals surface area contributed by atoms with E-state index in [9.17, 15) is 23.3 Å². The molecule has 1 aromatic heterocycles. The van der Waals surface area contributed by atoms with Crippen molar-refractivity contribution in [1.29, 1.82) is 0 Å². The Kier molecular flexibility index (Phi) is 6.07. The van der Waals surface area contributed by atoms with Gasteiger partial charge in [-0.15, -0.1) is 5.10 Å². The number of benzene rings is 2. The van der Waals surface area contributed by atoms with Gasteiger partial charge in [-0.2, -0.15) is 18.3 Å². The van der Waals surface area contributed by atoms with Crippen LogP contribution in [0.15, 0.2) is 36.4 Å². The van der Waals surface area contributed by atoms with Gasteiger partial charge in [0.2, 0.25) is 0 Å². The summed E-state index contributed by atoms with van der Waals surface area (Å²) in [4.78, 5) is 10.3. The summed E-state index contributed by atoms with van der Waals surface area (Å²) < 4.78 is 51.1. The molecule has 0 saturated carbocycles. The highest BCUT2D eigenvalue weighted by atomic mass is 19.4. The van der Waals surface area contributed by atoms with E-state index >= 15 is 0 Å². The topological polar surface area (TPSA) is 99.4 Å². The van der Waals surface area contributed by atoms with Crippen molar-refractivity contribution in [2.24, 2.45) is 0 Å². The molecule has 2 aromatic carbocycles. The molecule has 1 aliphatic heterocycles. The van der Waals surface area contributed by atoms with Gasteiger partial charge < -0.3 is 14.8 Å². The molecule has 1 saturated heterocycles. The van der Waals surface area contributed by atoms with Crippen molar-refractivity contribution in [3.8, 4) is 5.75 Å². The molecule has 8 nitrogen and oxygen atoms in total. The highest BCUT2D eigenvalue weighted by Gasteiger charge is 2.33. The predicted octanol–water partition coefficient (Wildman–Crippen LogP) is 5.21. The second kappa shape index (κ2) is 8.81. The Balaban J connectivity index is 1.68. The zero-order valence-electron chi connectivity index (χ0n) is 17.8. The Morgan fingerprint density at radius 3 is 2.67 bits per heavy atom. The number of hydrogen-bond donors (Lipinski definition) is 1. The Morgan fingerprint density at radius 2 is 2.00 bits per heavy atom. The quantitative estimate of drug-likeness (QED) is 0.397. The molecule has 1 aliphatic rings. The maximum atomic E-state index is 13.3. The molecule has 0 spiro atoms. The van der Waals surface area contributed by atoms with Crippen molar-refractivity contribution in [2.45, 2.75) is 38.6 Å². The van der Waals surface area contributed by atoms with Crippen LogP contribution in [0.3, 0.4) is 0 Å². The first-order valence-electron chi connectivity index (χ1n) is 10.3. The molecule has 2 atom stereocenters. The lowest BCUT2D eigenvalue weighted by atomic mass is 10.0. The number of fused-ring (bicyclic) bond motifs is 1. The molecule has 174 valence electrons. The Morgan fingerprint density at radius 1 is 1.21 bits per heavy atom. The third-order valence-corrected chi connectivity index (χ3v) is 5.46. The van der Waals surface area contributed by atoms with Gasteiger partial charge in [-0.3, -0.25) is 10.1 Å². The summed E-state index contributed by atoms with van der Waals surface area (Å²) in [5, 5.41) is 24.0. The van der Waals surface area contributed by atoms with Gasteiger partial charge in [0.15, 0.2) is 5.82 Å². The lowest BCUT2D eigenvalue weighted by Gasteiger charge is -2.19. The van der Waals surface area contributed by atoms with Crippen LogP contribution in [0.25, 0.3) is 10.8 Å². The summed E-state index contributed by atoms with van der Waals surface area (Å²) in [5.74, 6) is 0.937. The monoisotopic (exact) mass is 462 g/mol. The highest BCUT2D eigenvalue weighted by Crippen LogP contribution is 2.35. The second-order valence-electron chi connectivity index (χ2n) is 7.88. The average Bonchev–Trinajstić information content (AvgIpc) is 3.27. The van der Waals surface area contributed by atoms with Gasteiger partial charge in [-0.05, 0) is 43.7 Å². The van der Waals surface area contributed by atoms with E-state index in [1.807, 2.05) is 12.1 Å². The molecule has 33 heavy (non-hydrogen) atoms. The van der Waals surface area contributed by atoms with Gasteiger partial charge >= 0.3 is 6.18 Å². The summed E-state index contributed by atoms with van der Waals surface area (Å²) in [6, 6.07) is 7.26. The molecule has 0 bridgehead atoms. The lowest BCUT2D eigenvalue weighted by molar-refractivity contribution is -0.385. The van der Waals surface area contributed by atoms with Crippen LogP contribution in [0.2, 0.25) is 0 Å². The zero-order chi connectivity index (χ0) is 23.8. The Hall–Kier alpha value is -3.47. The number of nitro groups is 1. The number of aryl methyl sites for hydroxylation is 1. The zero-order valence-corrected chi connectivity index (χ0v) is 17.8. The van der Waals surface area contributed by atoms with Gasteiger partial charge in [0.1, 0.15) is 11.9 Å². The highest BCUT2D eigenvalue weighted by molar-refractivity contribution is 5.94. The predicted molar refractivity (Wildman–Crippen MR) is 114 cm³/mol. The minimum atomic E-state index is -4.72. The normalized spacial score (nSPS) is 17.2. The number of nitro benzene ring substituents is 1. The number of non-ortho nitro benzene ring substituents is 1. The number of nitrogens with one attached hydrogen (secondary N) is 1. The molecule has 0 amide bonds. The maximum absolute atomic E-state index is 13.3. The van der Waals surface area contributed by atoms with E-state index in [0.29, 0.717) is 41.9 Å². The smallest absolute Gasteiger partial charge is 0.416 e. The van der Waals surface area contributed by atoms with Crippen LogP contribution in [-0.4, -0.2) is 34.4 Å². The fraction of sp³-hybridized carbons (Fsp3) is 0.364. The molecule has 11 heteroatoms. The summed E-state index contributed by atoms with van der Waals surface area (Å²) in [7, 11) is 0. The van der Waals surface area contributed by atoms with Crippen LogP contribution in [0.5, 0.6) is 5.75 Å². The van der Waals surface area contributed by atoms with Crippen LogP contribution >= 0.6 is 0 Å². The first-order chi connectivity index (χ1) is 15.6. The molecule has 4 rings (SSSR count). The summed E-state index contributed by atoms with van der Waals surface area (Å²) in [5.41, 5.74) is -0.950. The minimum absolute atomic E-state index is 0.0562. The second-order valence-corrected chi connectivity index (χ2v) is 7.88. The molecule has 3 aromatic rings. The first-order valence-corrected chi connectivity index (χ1v) is 10.3. The van der Waals surface area contributed by atoms with Crippen LogP contribution in [0.4, 0.5) is 24.7 Å². The fourth-order valence-electron chi connectivity index (χ4n) is 3.69. The van der Waals surface area contributed by atoms with Crippen molar-refractivity contribution >= 4 is 22.3 Å². The summed E-state index contributed by atoms with van der Waals surface area (Å²) in [6.45, 7) is 4.53. The van der Waals surface area contributed by atoms with E-state index in [1.165, 1.54) is 0 Å². The molecule has 0 radical (unpaired) electrons. The molecule has 2 heterocycles. The van der Waals surface area contributed by atoms with E-state index in [0.717, 1.165) is 23.9 Å². The largest absolute Gasteiger partial charge is 0.488 e. The van der Waals surface area contributed by atoms with Crippen molar-refractivity contribution in [3.05, 3.63) is 63.3 Å². The van der Waals surface area contributed by atoms with Gasteiger partial charge in [0, 0.05) is 29.3 Å². The van der Waals surface area contributed by atoms with Gasteiger partial charge in [0.25, 0.3) is 5.69 Å². The van der Waals surface area contributed by atoms with Crippen LogP contribution < -0.4 is 10.1 Å². The summed E-state index contributed by atoms with van der Waals surface area (Å²) in [6.07, 6.45) is -3.99. The van der Waals surface area contributed by atoms with Crippen molar-refractivity contribution < 1.29 is 27.6 Å². The standard InChI is InChI=1S/C22H21F3N4O4/c1-12(14-7-15(22(23,24)25)9-16(8-14)29(30)31)26-21-20-10-17(33-18-5-6-32-11-18)3-4-19(20)13(2)27-28-21/h3-4,7-10,12,18H,5-6,11H2,1-2H3,(H,26,28)/t12-,18-/m1/s1. The van der Waals surface area contributed by atoms with E-state index in [-0.39, 0.29) is 11.7 Å². The number of ether oxygens (including phenoxy) is 2.